The topological polar surface area (TPSA) is 69.4 Å². The smallest absolute Gasteiger partial charge is 0.212 e. The van der Waals surface area contributed by atoms with Crippen LogP contribution in [0.25, 0.3) is 0 Å². The summed E-state index contributed by atoms with van der Waals surface area (Å²) in [6.07, 6.45) is 0. The molecule has 0 saturated carbocycles. The lowest BCUT2D eigenvalue weighted by atomic mass is 10.3. The van der Waals surface area contributed by atoms with E-state index >= 15 is 0 Å². The first-order chi connectivity index (χ1) is 7.72. The zero-order valence-electron chi connectivity index (χ0n) is 8.21. The number of primary sulfonamides is 1. The van der Waals surface area contributed by atoms with Gasteiger partial charge in [-0.3, -0.25) is 0 Å². The predicted molar refractivity (Wildman–Crippen MR) is 49.7 cm³/mol. The molecular formula is C8H7F4NO3S. The van der Waals surface area contributed by atoms with Crippen molar-refractivity contribution in [1.82, 2.24) is 0 Å². The van der Waals surface area contributed by atoms with Crippen molar-refractivity contribution in [1.29, 1.82) is 0 Å². The summed E-state index contributed by atoms with van der Waals surface area (Å²) < 4.78 is 76.6. The van der Waals surface area contributed by atoms with Crippen LogP contribution in [0.15, 0.2) is 6.07 Å². The lowest BCUT2D eigenvalue weighted by Crippen LogP contribution is -2.22. The quantitative estimate of drug-likeness (QED) is 0.655. The molecule has 0 heterocycles. The van der Waals surface area contributed by atoms with Gasteiger partial charge in [-0.2, -0.15) is 8.78 Å². The maximum Gasteiger partial charge on any atom is 0.212 e. The summed E-state index contributed by atoms with van der Waals surface area (Å²) in [5.41, 5.74) is 0. The zero-order valence-corrected chi connectivity index (χ0v) is 9.03. The SMILES string of the molecule is NS(=O)(=O)CCOc1c(F)c(F)cc(F)c1F. The number of ether oxygens (including phenoxy) is 1. The molecule has 17 heavy (non-hydrogen) atoms. The molecule has 4 nitrogen and oxygen atoms in total. The van der Waals surface area contributed by atoms with Gasteiger partial charge in [0.2, 0.25) is 21.7 Å². The molecule has 0 radical (unpaired) electrons. The number of rotatable bonds is 4. The summed E-state index contributed by atoms with van der Waals surface area (Å²) >= 11 is 0. The van der Waals surface area contributed by atoms with Gasteiger partial charge in [-0.15, -0.1) is 0 Å². The highest BCUT2D eigenvalue weighted by molar-refractivity contribution is 7.89. The van der Waals surface area contributed by atoms with Crippen LogP contribution in [-0.2, 0) is 10.0 Å². The van der Waals surface area contributed by atoms with E-state index in [4.69, 9.17) is 0 Å². The Hall–Kier alpha value is -1.35. The minimum Gasteiger partial charge on any atom is -0.486 e. The van der Waals surface area contributed by atoms with E-state index in [-0.39, 0.29) is 6.07 Å². The minimum absolute atomic E-state index is 0.0111. The summed E-state index contributed by atoms with van der Waals surface area (Å²) in [6, 6.07) is 0.0111. The monoisotopic (exact) mass is 273 g/mol. The van der Waals surface area contributed by atoms with Gasteiger partial charge in [0.05, 0.1) is 5.75 Å². The van der Waals surface area contributed by atoms with Crippen molar-refractivity contribution in [2.45, 2.75) is 0 Å². The molecule has 1 aromatic rings. The van der Waals surface area contributed by atoms with Crippen LogP contribution >= 0.6 is 0 Å². The van der Waals surface area contributed by atoms with E-state index in [9.17, 15) is 26.0 Å². The number of halogens is 4. The number of hydrogen-bond acceptors (Lipinski definition) is 3. The van der Waals surface area contributed by atoms with Crippen LogP contribution in [0.2, 0.25) is 0 Å². The Bertz CT molecular complexity index is 506. The molecule has 0 fully saturated rings. The Morgan fingerprint density at radius 2 is 1.59 bits per heavy atom. The first-order valence-electron chi connectivity index (χ1n) is 4.18. The van der Waals surface area contributed by atoms with Gasteiger partial charge in [-0.25, -0.2) is 22.3 Å². The van der Waals surface area contributed by atoms with Gasteiger partial charge in [-0.1, -0.05) is 0 Å². The van der Waals surface area contributed by atoms with Gasteiger partial charge >= 0.3 is 0 Å². The molecule has 2 N–H and O–H groups in total. The lowest BCUT2D eigenvalue weighted by Gasteiger charge is -2.08. The summed E-state index contributed by atoms with van der Waals surface area (Å²) in [5.74, 6) is -8.82. The van der Waals surface area contributed by atoms with E-state index in [2.05, 4.69) is 9.88 Å². The normalized spacial score (nSPS) is 11.6. The van der Waals surface area contributed by atoms with E-state index in [0.29, 0.717) is 0 Å². The summed E-state index contributed by atoms with van der Waals surface area (Å²) in [4.78, 5) is 0. The Labute approximate surface area is 94.0 Å². The van der Waals surface area contributed by atoms with E-state index in [1.807, 2.05) is 0 Å². The van der Waals surface area contributed by atoms with Crippen LogP contribution < -0.4 is 9.88 Å². The predicted octanol–water partition coefficient (Wildman–Crippen LogP) is 0.910. The van der Waals surface area contributed by atoms with Gasteiger partial charge in [-0.05, 0) is 0 Å². The molecule has 0 aliphatic heterocycles. The van der Waals surface area contributed by atoms with Crippen LogP contribution in [0.3, 0.4) is 0 Å². The number of nitrogens with two attached hydrogens (primary N) is 1. The van der Waals surface area contributed by atoms with Crippen molar-refractivity contribution >= 4 is 10.0 Å². The van der Waals surface area contributed by atoms with Gasteiger partial charge < -0.3 is 4.74 Å². The fourth-order valence-corrected chi connectivity index (χ4v) is 1.25. The van der Waals surface area contributed by atoms with Gasteiger partial charge in [0, 0.05) is 6.07 Å². The van der Waals surface area contributed by atoms with Gasteiger partial charge in [0.1, 0.15) is 6.61 Å². The Morgan fingerprint density at radius 3 is 2.00 bits per heavy atom. The second-order valence-electron chi connectivity index (χ2n) is 3.01. The maximum atomic E-state index is 13.0. The largest absolute Gasteiger partial charge is 0.486 e. The zero-order chi connectivity index (χ0) is 13.2. The molecule has 0 atom stereocenters. The fourth-order valence-electron chi connectivity index (χ4n) is 0.938. The Kier molecular flexibility index (Phi) is 3.94. The van der Waals surface area contributed by atoms with E-state index in [0.717, 1.165) is 0 Å². The van der Waals surface area contributed by atoms with Crippen molar-refractivity contribution in [3.05, 3.63) is 29.3 Å². The van der Waals surface area contributed by atoms with Crippen molar-refractivity contribution in [2.24, 2.45) is 5.14 Å². The van der Waals surface area contributed by atoms with Crippen molar-refractivity contribution < 1.29 is 30.7 Å². The molecule has 0 spiro atoms. The van der Waals surface area contributed by atoms with Crippen LogP contribution in [-0.4, -0.2) is 20.8 Å². The molecular weight excluding hydrogens is 266 g/mol. The van der Waals surface area contributed by atoms with Crippen LogP contribution in [0, 0.1) is 23.3 Å². The second kappa shape index (κ2) is 4.88. The van der Waals surface area contributed by atoms with Crippen LogP contribution in [0.1, 0.15) is 0 Å². The van der Waals surface area contributed by atoms with E-state index in [1.165, 1.54) is 0 Å². The van der Waals surface area contributed by atoms with Crippen molar-refractivity contribution in [3.8, 4) is 5.75 Å². The third kappa shape index (κ3) is 3.56. The van der Waals surface area contributed by atoms with E-state index in [1.54, 1.807) is 0 Å². The summed E-state index contributed by atoms with van der Waals surface area (Å²) in [5, 5.41) is 4.59. The van der Waals surface area contributed by atoms with Crippen molar-refractivity contribution in [2.75, 3.05) is 12.4 Å². The number of hydrogen-bond donors (Lipinski definition) is 1. The van der Waals surface area contributed by atoms with Gasteiger partial charge in [0.25, 0.3) is 0 Å². The average Bonchev–Trinajstić information content (AvgIpc) is 2.19. The molecule has 96 valence electrons. The maximum absolute atomic E-state index is 13.0. The molecule has 0 amide bonds. The third-order valence-electron chi connectivity index (χ3n) is 1.69. The molecule has 9 heteroatoms. The molecule has 0 bridgehead atoms. The van der Waals surface area contributed by atoms with Crippen molar-refractivity contribution in [3.63, 3.8) is 0 Å². The first kappa shape index (κ1) is 13.7. The van der Waals surface area contributed by atoms with E-state index < -0.39 is 51.4 Å². The highest BCUT2D eigenvalue weighted by Crippen LogP contribution is 2.26. The number of sulfonamides is 1. The number of benzene rings is 1. The fraction of sp³-hybridized carbons (Fsp3) is 0.250. The van der Waals surface area contributed by atoms with Gasteiger partial charge in [0.15, 0.2) is 17.4 Å². The molecule has 1 rings (SSSR count). The molecule has 0 aliphatic carbocycles. The molecule has 0 unspecified atom stereocenters. The van der Waals surface area contributed by atoms with Crippen LogP contribution in [0.4, 0.5) is 17.6 Å². The first-order valence-corrected chi connectivity index (χ1v) is 5.90. The van der Waals surface area contributed by atoms with Crippen LogP contribution in [0.5, 0.6) is 5.75 Å². The second-order valence-corrected chi connectivity index (χ2v) is 4.75. The lowest BCUT2D eigenvalue weighted by molar-refractivity contribution is 0.287. The standard InChI is InChI=1S/C8H7F4NO3S/c9-4-3-5(10)7(12)8(6(4)11)16-1-2-17(13,14)15/h3H,1-2H2,(H2,13,14,15). The summed E-state index contributed by atoms with van der Waals surface area (Å²) in [6.45, 7) is -0.727. The summed E-state index contributed by atoms with van der Waals surface area (Å²) in [7, 11) is -3.90. The third-order valence-corrected chi connectivity index (χ3v) is 2.42. The Balaban J connectivity index is 2.91. The highest BCUT2D eigenvalue weighted by atomic mass is 32.2. The molecule has 0 saturated heterocycles. The highest BCUT2D eigenvalue weighted by Gasteiger charge is 2.20. The Morgan fingerprint density at radius 1 is 1.12 bits per heavy atom. The molecule has 0 aliphatic rings. The minimum atomic E-state index is -3.90. The molecule has 0 aromatic heterocycles. The average molecular weight is 273 g/mol. The molecule has 1 aromatic carbocycles.